The molecule has 5 heteroatoms. The lowest BCUT2D eigenvalue weighted by molar-refractivity contribution is 0.315. The molecule has 0 spiro atoms. The zero-order valence-corrected chi connectivity index (χ0v) is 14.2. The average molecular weight is 317 g/mol. The van der Waals surface area contributed by atoms with Gasteiger partial charge in [0.05, 0.1) is 11.5 Å². The summed E-state index contributed by atoms with van der Waals surface area (Å²) in [5, 5.41) is 11.9. The lowest BCUT2D eigenvalue weighted by Gasteiger charge is -2.21. The minimum atomic E-state index is -3.17. The van der Waals surface area contributed by atoms with Gasteiger partial charge in [-0.05, 0) is 25.7 Å². The van der Waals surface area contributed by atoms with Gasteiger partial charge in [-0.2, -0.15) is 0 Å². The summed E-state index contributed by atoms with van der Waals surface area (Å²) in [4.78, 5) is 0. The van der Waals surface area contributed by atoms with Crippen molar-refractivity contribution >= 4 is 15.5 Å². The summed E-state index contributed by atoms with van der Waals surface area (Å²) in [6, 6.07) is 0. The van der Waals surface area contributed by atoms with Crippen molar-refractivity contribution in [2.75, 3.05) is 5.75 Å². The Morgan fingerprint density at radius 2 is 1.71 bits per heavy atom. The lowest BCUT2D eigenvalue weighted by atomic mass is 9.99. The smallest absolute Gasteiger partial charge is 0.158 e. The molecule has 0 saturated heterocycles. The van der Waals surface area contributed by atoms with Gasteiger partial charge >= 0.3 is 0 Å². The van der Waals surface area contributed by atoms with Crippen LogP contribution in [0.15, 0.2) is 5.16 Å². The quantitative estimate of drug-likeness (QED) is 0.412. The van der Waals surface area contributed by atoms with E-state index in [2.05, 4.69) is 12.1 Å². The van der Waals surface area contributed by atoms with Crippen molar-refractivity contribution in [2.24, 2.45) is 5.16 Å². The van der Waals surface area contributed by atoms with E-state index in [1.807, 2.05) is 0 Å². The fraction of sp³-hybridized carbons (Fsp3) is 0.938. The minimum Gasteiger partial charge on any atom is -0.411 e. The SMILES string of the molecule is CCCCCCCCS(=O)(=O)C1CCCCCCC1=NO. The molecule has 1 aliphatic rings. The molecule has 1 aliphatic carbocycles. The van der Waals surface area contributed by atoms with Crippen molar-refractivity contribution in [3.63, 3.8) is 0 Å². The summed E-state index contributed by atoms with van der Waals surface area (Å²) in [5.41, 5.74) is 0.487. The molecule has 124 valence electrons. The van der Waals surface area contributed by atoms with Crippen LogP contribution in [0.4, 0.5) is 0 Å². The second kappa shape index (κ2) is 10.2. The van der Waals surface area contributed by atoms with Gasteiger partial charge in [0.15, 0.2) is 9.84 Å². The fourth-order valence-corrected chi connectivity index (χ4v) is 5.04. The number of sulfone groups is 1. The molecule has 0 heterocycles. The number of nitrogens with zero attached hydrogens (tertiary/aromatic N) is 1. The number of hydrogen-bond acceptors (Lipinski definition) is 4. The van der Waals surface area contributed by atoms with Gasteiger partial charge in [0, 0.05) is 0 Å². The molecule has 0 aromatic rings. The first-order valence-electron chi connectivity index (χ1n) is 8.54. The Balaban J connectivity index is 2.49. The molecule has 1 N–H and O–H groups in total. The number of rotatable bonds is 8. The molecule has 0 amide bonds. The highest BCUT2D eigenvalue weighted by atomic mass is 32.2. The van der Waals surface area contributed by atoms with Crippen LogP contribution in [-0.2, 0) is 9.84 Å². The summed E-state index contributed by atoms with van der Waals surface area (Å²) < 4.78 is 25.0. The Bertz CT molecular complexity index is 404. The topological polar surface area (TPSA) is 66.7 Å². The van der Waals surface area contributed by atoms with Crippen molar-refractivity contribution in [2.45, 2.75) is 89.2 Å². The van der Waals surface area contributed by atoms with E-state index in [0.717, 1.165) is 44.9 Å². The van der Waals surface area contributed by atoms with E-state index in [-0.39, 0.29) is 5.75 Å². The normalized spacial score (nSPS) is 22.9. The molecule has 1 atom stereocenters. The Kier molecular flexibility index (Phi) is 8.97. The van der Waals surface area contributed by atoms with Crippen molar-refractivity contribution in [3.8, 4) is 0 Å². The molecule has 1 fully saturated rings. The first-order valence-corrected chi connectivity index (χ1v) is 10.3. The molecule has 0 aliphatic heterocycles. The zero-order valence-electron chi connectivity index (χ0n) is 13.4. The van der Waals surface area contributed by atoms with E-state index in [4.69, 9.17) is 5.21 Å². The average Bonchev–Trinajstić information content (AvgIpc) is 2.42. The van der Waals surface area contributed by atoms with Gasteiger partial charge in [0.1, 0.15) is 5.25 Å². The van der Waals surface area contributed by atoms with Crippen LogP contribution < -0.4 is 0 Å². The highest BCUT2D eigenvalue weighted by molar-refractivity contribution is 7.92. The van der Waals surface area contributed by atoms with Crippen LogP contribution in [0.3, 0.4) is 0 Å². The monoisotopic (exact) mass is 317 g/mol. The summed E-state index contributed by atoms with van der Waals surface area (Å²) in [5.74, 6) is 0.239. The van der Waals surface area contributed by atoms with E-state index >= 15 is 0 Å². The molecule has 0 aromatic carbocycles. The van der Waals surface area contributed by atoms with Gasteiger partial charge in [-0.3, -0.25) is 0 Å². The first kappa shape index (κ1) is 18.5. The third-order valence-electron chi connectivity index (χ3n) is 4.37. The lowest BCUT2D eigenvalue weighted by Crippen LogP contribution is -2.33. The standard InChI is InChI=1S/C16H31NO3S/c1-2-3-4-5-8-11-14-21(19,20)16-13-10-7-6-9-12-15(16)17-18/h16,18H,2-14H2,1H3. The van der Waals surface area contributed by atoms with Crippen LogP contribution in [-0.4, -0.2) is 30.3 Å². The largest absolute Gasteiger partial charge is 0.411 e. The Morgan fingerprint density at radius 1 is 1.05 bits per heavy atom. The van der Waals surface area contributed by atoms with Gasteiger partial charge in [-0.15, -0.1) is 0 Å². The van der Waals surface area contributed by atoms with Crippen LogP contribution in [0.1, 0.15) is 84.0 Å². The number of unbranched alkanes of at least 4 members (excludes halogenated alkanes) is 5. The van der Waals surface area contributed by atoms with E-state index in [0.29, 0.717) is 18.6 Å². The third-order valence-corrected chi connectivity index (χ3v) is 6.60. The van der Waals surface area contributed by atoms with Crippen molar-refractivity contribution in [3.05, 3.63) is 0 Å². The van der Waals surface area contributed by atoms with Gasteiger partial charge < -0.3 is 5.21 Å². The Morgan fingerprint density at radius 3 is 2.43 bits per heavy atom. The maximum atomic E-state index is 12.5. The van der Waals surface area contributed by atoms with Crippen LogP contribution in [0.2, 0.25) is 0 Å². The van der Waals surface area contributed by atoms with Gasteiger partial charge in [-0.1, -0.05) is 63.4 Å². The third kappa shape index (κ3) is 6.81. The maximum absolute atomic E-state index is 12.5. The molecule has 0 bridgehead atoms. The second-order valence-corrected chi connectivity index (χ2v) is 8.47. The maximum Gasteiger partial charge on any atom is 0.158 e. The van der Waals surface area contributed by atoms with Crippen LogP contribution in [0, 0.1) is 0 Å². The Hall–Kier alpha value is -0.580. The molecule has 1 rings (SSSR count). The van der Waals surface area contributed by atoms with Crippen LogP contribution >= 0.6 is 0 Å². The molecular formula is C16H31NO3S. The zero-order chi connectivity index (χ0) is 15.6. The van der Waals surface area contributed by atoms with Gasteiger partial charge in [0.25, 0.3) is 0 Å². The van der Waals surface area contributed by atoms with Crippen molar-refractivity contribution in [1.29, 1.82) is 0 Å². The molecule has 1 saturated carbocycles. The summed E-state index contributed by atoms with van der Waals surface area (Å²) in [6.07, 6.45) is 11.8. The van der Waals surface area contributed by atoms with Gasteiger partial charge in [-0.25, -0.2) is 8.42 Å². The molecule has 0 aromatic heterocycles. The minimum absolute atomic E-state index is 0.239. The summed E-state index contributed by atoms with van der Waals surface area (Å²) in [7, 11) is -3.17. The number of hydrogen-bond donors (Lipinski definition) is 1. The predicted octanol–water partition coefficient (Wildman–Crippen LogP) is 4.31. The van der Waals surface area contributed by atoms with E-state index in [9.17, 15) is 8.42 Å². The highest BCUT2D eigenvalue weighted by Crippen LogP contribution is 2.22. The summed E-state index contributed by atoms with van der Waals surface area (Å²) in [6.45, 7) is 2.18. The Labute approximate surface area is 129 Å². The fourth-order valence-electron chi connectivity index (χ4n) is 3.04. The van der Waals surface area contributed by atoms with E-state index in [1.165, 1.54) is 19.3 Å². The highest BCUT2D eigenvalue weighted by Gasteiger charge is 2.30. The van der Waals surface area contributed by atoms with E-state index < -0.39 is 15.1 Å². The van der Waals surface area contributed by atoms with Crippen LogP contribution in [0.25, 0.3) is 0 Å². The molecule has 1 unspecified atom stereocenters. The van der Waals surface area contributed by atoms with Crippen molar-refractivity contribution < 1.29 is 13.6 Å². The van der Waals surface area contributed by atoms with E-state index in [1.54, 1.807) is 0 Å². The molecular weight excluding hydrogens is 286 g/mol. The molecule has 4 nitrogen and oxygen atoms in total. The van der Waals surface area contributed by atoms with Crippen LogP contribution in [0.5, 0.6) is 0 Å². The predicted molar refractivity (Wildman–Crippen MR) is 87.9 cm³/mol. The first-order chi connectivity index (χ1) is 10.1. The van der Waals surface area contributed by atoms with Gasteiger partial charge in [0.2, 0.25) is 0 Å². The molecule has 0 radical (unpaired) electrons. The second-order valence-electron chi connectivity index (χ2n) is 6.17. The summed E-state index contributed by atoms with van der Waals surface area (Å²) >= 11 is 0. The van der Waals surface area contributed by atoms with Crippen molar-refractivity contribution in [1.82, 2.24) is 0 Å². The molecule has 21 heavy (non-hydrogen) atoms. The number of oxime groups is 1.